The average Bonchev–Trinajstić information content (AvgIpc) is 2.47. The first-order valence-electron chi connectivity index (χ1n) is 6.61. The topological polar surface area (TPSA) is 36.8 Å². The maximum Gasteiger partial charge on any atom is 0.0858 e. The van der Waals surface area contributed by atoms with Gasteiger partial charge in [0, 0.05) is 11.7 Å². The minimum Gasteiger partial charge on any atom is -0.383 e. The van der Waals surface area contributed by atoms with E-state index < -0.39 is 0 Å². The Balaban J connectivity index is 2.01. The number of rotatable bonds is 5. The number of benzene rings is 2. The van der Waals surface area contributed by atoms with Gasteiger partial charge in [-0.3, -0.25) is 0 Å². The fourth-order valence-electron chi connectivity index (χ4n) is 1.62. The molecule has 3 heteroatoms. The third-order valence-electron chi connectivity index (χ3n) is 2.93. The Bertz CT molecular complexity index is 517. The maximum atomic E-state index is 4.21. The molecule has 2 aromatic carbocycles. The van der Waals surface area contributed by atoms with Gasteiger partial charge in [-0.1, -0.05) is 25.1 Å². The van der Waals surface area contributed by atoms with Crippen molar-refractivity contribution in [3.05, 3.63) is 54.6 Å². The Kier molecular flexibility index (Phi) is 4.67. The third kappa shape index (κ3) is 4.21. The summed E-state index contributed by atoms with van der Waals surface area (Å²) >= 11 is 0. The number of azo groups is 1. The predicted octanol–water partition coefficient (Wildman–Crippen LogP) is 5.31. The van der Waals surface area contributed by atoms with Gasteiger partial charge in [-0.05, 0) is 49.7 Å². The highest BCUT2D eigenvalue weighted by Gasteiger charge is 1.98. The van der Waals surface area contributed by atoms with E-state index in [0.717, 1.165) is 23.5 Å². The van der Waals surface area contributed by atoms with Gasteiger partial charge in [-0.2, -0.15) is 10.2 Å². The first-order valence-corrected chi connectivity index (χ1v) is 6.61. The molecule has 2 aromatic rings. The molecule has 0 saturated carbocycles. The molecule has 0 heterocycles. The van der Waals surface area contributed by atoms with E-state index in [4.69, 9.17) is 0 Å². The zero-order valence-electron chi connectivity index (χ0n) is 11.4. The monoisotopic (exact) mass is 253 g/mol. The summed E-state index contributed by atoms with van der Waals surface area (Å²) in [7, 11) is 0. The Hall–Kier alpha value is -2.16. The smallest absolute Gasteiger partial charge is 0.0858 e. The first kappa shape index (κ1) is 13.3. The summed E-state index contributed by atoms with van der Waals surface area (Å²) in [6.07, 6.45) is 1.11. The Morgan fingerprint density at radius 2 is 1.47 bits per heavy atom. The van der Waals surface area contributed by atoms with E-state index in [9.17, 15) is 0 Å². The predicted molar refractivity (Wildman–Crippen MR) is 80.4 cm³/mol. The molecular formula is C16H19N3. The fourth-order valence-corrected chi connectivity index (χ4v) is 1.62. The van der Waals surface area contributed by atoms with Gasteiger partial charge in [0.1, 0.15) is 0 Å². The standard InChI is InChI=1S/C16H19N3/c1-3-13(2)17-14-9-11-16(12-10-14)19-18-15-7-5-4-6-8-15/h4-13,17H,3H2,1-2H3. The number of anilines is 1. The Morgan fingerprint density at radius 1 is 0.895 bits per heavy atom. The molecule has 0 fully saturated rings. The molecule has 3 nitrogen and oxygen atoms in total. The highest BCUT2D eigenvalue weighted by molar-refractivity contribution is 5.51. The van der Waals surface area contributed by atoms with Crippen molar-refractivity contribution in [2.75, 3.05) is 5.32 Å². The molecule has 0 aromatic heterocycles. The molecule has 0 bridgehead atoms. The van der Waals surface area contributed by atoms with Crippen molar-refractivity contribution in [2.24, 2.45) is 10.2 Å². The number of nitrogens with zero attached hydrogens (tertiary/aromatic N) is 2. The van der Waals surface area contributed by atoms with E-state index in [2.05, 4.69) is 29.4 Å². The highest BCUT2D eigenvalue weighted by atomic mass is 15.1. The van der Waals surface area contributed by atoms with Crippen LogP contribution in [0, 0.1) is 0 Å². The van der Waals surface area contributed by atoms with Crippen LogP contribution in [0.5, 0.6) is 0 Å². The molecular weight excluding hydrogens is 234 g/mol. The van der Waals surface area contributed by atoms with Gasteiger partial charge in [0.05, 0.1) is 11.4 Å². The molecule has 1 unspecified atom stereocenters. The minimum atomic E-state index is 0.483. The van der Waals surface area contributed by atoms with E-state index >= 15 is 0 Å². The van der Waals surface area contributed by atoms with Gasteiger partial charge in [-0.25, -0.2) is 0 Å². The van der Waals surface area contributed by atoms with Crippen LogP contribution in [-0.4, -0.2) is 6.04 Å². The second kappa shape index (κ2) is 6.69. The van der Waals surface area contributed by atoms with E-state index in [0.29, 0.717) is 6.04 Å². The molecule has 1 N–H and O–H groups in total. The second-order valence-electron chi connectivity index (χ2n) is 4.54. The van der Waals surface area contributed by atoms with Crippen LogP contribution in [0.3, 0.4) is 0 Å². The molecule has 1 atom stereocenters. The Morgan fingerprint density at radius 3 is 2.05 bits per heavy atom. The average molecular weight is 253 g/mol. The maximum absolute atomic E-state index is 4.21. The molecule has 0 aliphatic heterocycles. The van der Waals surface area contributed by atoms with Crippen molar-refractivity contribution < 1.29 is 0 Å². The summed E-state index contributed by atoms with van der Waals surface area (Å²) in [6.45, 7) is 4.34. The van der Waals surface area contributed by atoms with Crippen LogP contribution in [0.15, 0.2) is 64.8 Å². The van der Waals surface area contributed by atoms with E-state index in [1.807, 2.05) is 54.6 Å². The molecule has 0 spiro atoms. The summed E-state index contributed by atoms with van der Waals surface area (Å²) in [5.41, 5.74) is 2.84. The molecule has 0 radical (unpaired) electrons. The lowest BCUT2D eigenvalue weighted by atomic mass is 10.2. The highest BCUT2D eigenvalue weighted by Crippen LogP contribution is 2.20. The lowest BCUT2D eigenvalue weighted by molar-refractivity contribution is 0.764. The fraction of sp³-hybridized carbons (Fsp3) is 0.250. The van der Waals surface area contributed by atoms with Crippen LogP contribution in [-0.2, 0) is 0 Å². The van der Waals surface area contributed by atoms with Gasteiger partial charge in [0.25, 0.3) is 0 Å². The quantitative estimate of drug-likeness (QED) is 0.720. The summed E-state index contributed by atoms with van der Waals surface area (Å²) in [6, 6.07) is 18.2. The zero-order valence-corrected chi connectivity index (χ0v) is 11.4. The van der Waals surface area contributed by atoms with Gasteiger partial charge in [0.15, 0.2) is 0 Å². The van der Waals surface area contributed by atoms with E-state index in [-0.39, 0.29) is 0 Å². The number of hydrogen-bond donors (Lipinski definition) is 1. The minimum absolute atomic E-state index is 0.483. The van der Waals surface area contributed by atoms with Crippen LogP contribution >= 0.6 is 0 Å². The van der Waals surface area contributed by atoms with E-state index in [1.54, 1.807) is 0 Å². The van der Waals surface area contributed by atoms with Crippen molar-refractivity contribution in [1.29, 1.82) is 0 Å². The van der Waals surface area contributed by atoms with Gasteiger partial charge in [-0.15, -0.1) is 0 Å². The SMILES string of the molecule is CCC(C)Nc1ccc(N=Nc2ccccc2)cc1. The molecule has 0 aliphatic rings. The first-order chi connectivity index (χ1) is 9.28. The van der Waals surface area contributed by atoms with Crippen LogP contribution in [0.1, 0.15) is 20.3 Å². The molecule has 0 aliphatic carbocycles. The van der Waals surface area contributed by atoms with E-state index in [1.165, 1.54) is 0 Å². The molecule has 2 rings (SSSR count). The number of nitrogens with one attached hydrogen (secondary N) is 1. The Labute approximate surface area is 114 Å². The third-order valence-corrected chi connectivity index (χ3v) is 2.93. The van der Waals surface area contributed by atoms with Crippen LogP contribution < -0.4 is 5.32 Å². The van der Waals surface area contributed by atoms with Crippen LogP contribution in [0.25, 0.3) is 0 Å². The molecule has 0 saturated heterocycles. The van der Waals surface area contributed by atoms with Gasteiger partial charge < -0.3 is 5.32 Å². The van der Waals surface area contributed by atoms with Crippen molar-refractivity contribution in [1.82, 2.24) is 0 Å². The normalized spacial score (nSPS) is 12.5. The molecule has 0 amide bonds. The summed E-state index contributed by atoms with van der Waals surface area (Å²) < 4.78 is 0. The summed E-state index contributed by atoms with van der Waals surface area (Å²) in [5, 5.41) is 11.8. The van der Waals surface area contributed by atoms with Crippen LogP contribution in [0.4, 0.5) is 17.1 Å². The zero-order chi connectivity index (χ0) is 13.5. The summed E-state index contributed by atoms with van der Waals surface area (Å²) in [5.74, 6) is 0. The van der Waals surface area contributed by atoms with Crippen molar-refractivity contribution in [3.63, 3.8) is 0 Å². The second-order valence-corrected chi connectivity index (χ2v) is 4.54. The van der Waals surface area contributed by atoms with Gasteiger partial charge in [0.2, 0.25) is 0 Å². The van der Waals surface area contributed by atoms with Crippen molar-refractivity contribution >= 4 is 17.1 Å². The molecule has 98 valence electrons. The number of hydrogen-bond acceptors (Lipinski definition) is 3. The summed E-state index contributed by atoms with van der Waals surface area (Å²) in [4.78, 5) is 0. The largest absolute Gasteiger partial charge is 0.383 e. The van der Waals surface area contributed by atoms with Gasteiger partial charge >= 0.3 is 0 Å². The lowest BCUT2D eigenvalue weighted by Gasteiger charge is -2.12. The van der Waals surface area contributed by atoms with Crippen LogP contribution in [0.2, 0.25) is 0 Å². The molecule has 19 heavy (non-hydrogen) atoms. The lowest BCUT2D eigenvalue weighted by Crippen LogP contribution is -2.12. The van der Waals surface area contributed by atoms with Crippen molar-refractivity contribution in [2.45, 2.75) is 26.3 Å². The van der Waals surface area contributed by atoms with Crippen molar-refractivity contribution in [3.8, 4) is 0 Å².